The molecular formula is C30H42N4O4S. The third-order valence-electron chi connectivity index (χ3n) is 8.51. The summed E-state index contributed by atoms with van der Waals surface area (Å²) < 4.78 is 11.4. The van der Waals surface area contributed by atoms with E-state index in [2.05, 4.69) is 22.3 Å². The van der Waals surface area contributed by atoms with Crippen molar-refractivity contribution in [2.24, 2.45) is 5.73 Å². The van der Waals surface area contributed by atoms with E-state index in [4.69, 9.17) is 15.2 Å². The van der Waals surface area contributed by atoms with E-state index in [1.165, 1.54) is 16.9 Å². The molecular weight excluding hydrogens is 512 g/mol. The van der Waals surface area contributed by atoms with Crippen molar-refractivity contribution in [2.45, 2.75) is 88.2 Å². The lowest BCUT2D eigenvalue weighted by atomic mass is 9.90. The Morgan fingerprint density at radius 3 is 2.59 bits per heavy atom. The number of hydrogen-bond acceptors (Lipinski definition) is 7. The van der Waals surface area contributed by atoms with Crippen LogP contribution in [0.3, 0.4) is 0 Å². The molecule has 9 heteroatoms. The van der Waals surface area contributed by atoms with Crippen molar-refractivity contribution >= 4 is 23.2 Å². The number of nitrogens with one attached hydrogen (secondary N) is 1. The molecule has 39 heavy (non-hydrogen) atoms. The molecule has 3 aliphatic rings. The maximum absolute atomic E-state index is 13.8. The molecule has 3 heterocycles. The summed E-state index contributed by atoms with van der Waals surface area (Å²) in [5.41, 5.74) is 7.30. The summed E-state index contributed by atoms with van der Waals surface area (Å²) in [6.45, 7) is 2.96. The number of likely N-dealkylation sites (tertiary alicyclic amines) is 1. The highest BCUT2D eigenvalue weighted by Gasteiger charge is 2.40. The standard InChI is InChI=1S/C30H42N4O4S/c1-37-25-12-6-21(7-13-25)19-33(20-26-4-2-16-38-26)24-14-15-34(30(36)28-5-3-17-39-28)27(18-24)29(35)32-23-10-8-22(31)9-11-23/h3,5-7,12-13,17,22-24,26-27H,2,4,8-11,14-16,18-20,31H2,1H3,(H,32,35)/t22?,23?,24?,26?,27-/m1/s1. The Bertz CT molecular complexity index is 1070. The molecule has 0 radical (unpaired) electrons. The normalized spacial score (nSPS) is 27.5. The number of nitrogens with zero attached hydrogens (tertiary/aromatic N) is 2. The number of hydrogen-bond donors (Lipinski definition) is 2. The number of nitrogens with two attached hydrogens (primary N) is 1. The molecule has 1 aliphatic carbocycles. The van der Waals surface area contributed by atoms with Gasteiger partial charge in [0.05, 0.1) is 18.1 Å². The molecule has 3 atom stereocenters. The Kier molecular flexibility index (Phi) is 9.55. The minimum absolute atomic E-state index is 0.0356. The Labute approximate surface area is 235 Å². The second kappa shape index (κ2) is 13.3. The average Bonchev–Trinajstić information content (AvgIpc) is 3.69. The Morgan fingerprint density at radius 1 is 1.13 bits per heavy atom. The van der Waals surface area contributed by atoms with E-state index in [1.807, 2.05) is 34.5 Å². The number of rotatable bonds is 9. The molecule has 5 rings (SSSR count). The summed E-state index contributed by atoms with van der Waals surface area (Å²) in [6, 6.07) is 12.0. The van der Waals surface area contributed by atoms with Crippen molar-refractivity contribution in [3.05, 3.63) is 52.2 Å². The highest BCUT2D eigenvalue weighted by atomic mass is 32.1. The molecule has 1 saturated carbocycles. The average molecular weight is 555 g/mol. The molecule has 1 aromatic heterocycles. The molecule has 3 N–H and O–H groups in total. The van der Waals surface area contributed by atoms with Gasteiger partial charge in [-0.05, 0) is 80.5 Å². The van der Waals surface area contributed by atoms with Gasteiger partial charge in [-0.15, -0.1) is 11.3 Å². The molecule has 8 nitrogen and oxygen atoms in total. The lowest BCUT2D eigenvalue weighted by Crippen LogP contribution is -2.59. The van der Waals surface area contributed by atoms with Gasteiger partial charge in [-0.1, -0.05) is 18.2 Å². The molecule has 0 spiro atoms. The van der Waals surface area contributed by atoms with Crippen LogP contribution >= 0.6 is 11.3 Å². The van der Waals surface area contributed by atoms with Gasteiger partial charge in [-0.3, -0.25) is 14.5 Å². The Balaban J connectivity index is 1.34. The predicted molar refractivity (Wildman–Crippen MR) is 153 cm³/mol. The van der Waals surface area contributed by atoms with E-state index < -0.39 is 6.04 Å². The van der Waals surface area contributed by atoms with Gasteiger partial charge in [0.1, 0.15) is 11.8 Å². The molecule has 1 aromatic carbocycles. The lowest BCUT2D eigenvalue weighted by Gasteiger charge is -2.44. The fourth-order valence-electron chi connectivity index (χ4n) is 6.23. The van der Waals surface area contributed by atoms with E-state index in [-0.39, 0.29) is 36.0 Å². The van der Waals surface area contributed by atoms with Gasteiger partial charge in [0.15, 0.2) is 0 Å². The van der Waals surface area contributed by atoms with Crippen molar-refractivity contribution in [1.29, 1.82) is 0 Å². The van der Waals surface area contributed by atoms with Gasteiger partial charge in [-0.2, -0.15) is 0 Å². The summed E-state index contributed by atoms with van der Waals surface area (Å²) in [6.07, 6.45) is 7.41. The van der Waals surface area contributed by atoms with Gasteiger partial charge < -0.3 is 25.4 Å². The zero-order chi connectivity index (χ0) is 27.2. The second-order valence-electron chi connectivity index (χ2n) is 11.2. The van der Waals surface area contributed by atoms with E-state index in [0.29, 0.717) is 17.8 Å². The first-order valence-electron chi connectivity index (χ1n) is 14.4. The van der Waals surface area contributed by atoms with Crippen LogP contribution in [-0.4, -0.2) is 78.7 Å². The van der Waals surface area contributed by atoms with Crippen LogP contribution in [0, 0.1) is 0 Å². The zero-order valence-electron chi connectivity index (χ0n) is 22.9. The number of ether oxygens (including phenoxy) is 2. The van der Waals surface area contributed by atoms with Gasteiger partial charge in [0.2, 0.25) is 5.91 Å². The SMILES string of the molecule is COc1ccc(CN(CC2CCCO2)C2CCN(C(=O)c3cccs3)[C@@H](C(=O)NC3CCC(N)CC3)C2)cc1. The zero-order valence-corrected chi connectivity index (χ0v) is 23.7. The van der Waals surface area contributed by atoms with Crippen molar-refractivity contribution < 1.29 is 19.1 Å². The molecule has 2 aliphatic heterocycles. The number of benzene rings is 1. The smallest absolute Gasteiger partial charge is 0.264 e. The van der Waals surface area contributed by atoms with Gasteiger partial charge >= 0.3 is 0 Å². The number of thiophene rings is 1. The van der Waals surface area contributed by atoms with Crippen molar-refractivity contribution in [3.63, 3.8) is 0 Å². The summed E-state index contributed by atoms with van der Waals surface area (Å²) >= 11 is 1.43. The molecule has 3 fully saturated rings. The van der Waals surface area contributed by atoms with Crippen LogP contribution in [0.5, 0.6) is 5.75 Å². The maximum atomic E-state index is 13.8. The summed E-state index contributed by atoms with van der Waals surface area (Å²) in [5.74, 6) is 0.756. The van der Waals surface area contributed by atoms with E-state index in [1.54, 1.807) is 7.11 Å². The highest BCUT2D eigenvalue weighted by molar-refractivity contribution is 7.12. The monoisotopic (exact) mass is 554 g/mol. The van der Waals surface area contributed by atoms with Crippen LogP contribution in [0.1, 0.15) is 66.6 Å². The van der Waals surface area contributed by atoms with E-state index in [9.17, 15) is 9.59 Å². The topological polar surface area (TPSA) is 97.1 Å². The van der Waals surface area contributed by atoms with Crippen LogP contribution in [0.4, 0.5) is 0 Å². The molecule has 2 unspecified atom stereocenters. The molecule has 2 saturated heterocycles. The van der Waals surface area contributed by atoms with Crippen molar-refractivity contribution in [1.82, 2.24) is 15.1 Å². The molecule has 2 aromatic rings. The first-order chi connectivity index (χ1) is 19.0. The van der Waals surface area contributed by atoms with Gasteiger partial charge in [0, 0.05) is 44.4 Å². The maximum Gasteiger partial charge on any atom is 0.264 e. The minimum Gasteiger partial charge on any atom is -0.497 e. The fourth-order valence-corrected chi connectivity index (χ4v) is 6.91. The third-order valence-corrected chi connectivity index (χ3v) is 9.37. The van der Waals surface area contributed by atoms with E-state index >= 15 is 0 Å². The number of piperidine rings is 1. The van der Waals surface area contributed by atoms with Crippen LogP contribution in [0.2, 0.25) is 0 Å². The van der Waals surface area contributed by atoms with Crippen molar-refractivity contribution in [2.75, 3.05) is 26.8 Å². The molecule has 2 amide bonds. The first kappa shape index (κ1) is 28.1. The van der Waals surface area contributed by atoms with Crippen molar-refractivity contribution in [3.8, 4) is 5.75 Å². The largest absolute Gasteiger partial charge is 0.497 e. The number of amides is 2. The van der Waals surface area contributed by atoms with E-state index in [0.717, 1.165) is 70.4 Å². The summed E-state index contributed by atoms with van der Waals surface area (Å²) in [4.78, 5) is 32.3. The van der Waals surface area contributed by atoms with Crippen LogP contribution in [-0.2, 0) is 16.1 Å². The highest BCUT2D eigenvalue weighted by Crippen LogP contribution is 2.29. The third kappa shape index (κ3) is 7.20. The lowest BCUT2D eigenvalue weighted by molar-refractivity contribution is -0.128. The molecule has 212 valence electrons. The Morgan fingerprint density at radius 2 is 1.92 bits per heavy atom. The molecule has 0 bridgehead atoms. The quantitative estimate of drug-likeness (QED) is 0.490. The fraction of sp³-hybridized carbons (Fsp3) is 0.600. The summed E-state index contributed by atoms with van der Waals surface area (Å²) in [7, 11) is 1.68. The van der Waals surface area contributed by atoms with Crippen LogP contribution < -0.4 is 15.8 Å². The predicted octanol–water partition coefficient (Wildman–Crippen LogP) is 3.80. The van der Waals surface area contributed by atoms with Gasteiger partial charge in [0.25, 0.3) is 5.91 Å². The number of methoxy groups -OCH3 is 1. The summed E-state index contributed by atoms with van der Waals surface area (Å²) in [5, 5.41) is 5.21. The van der Waals surface area contributed by atoms with Gasteiger partial charge in [-0.25, -0.2) is 0 Å². The number of carbonyl (C=O) groups is 2. The minimum atomic E-state index is -0.503. The first-order valence-corrected chi connectivity index (χ1v) is 15.3. The van der Waals surface area contributed by atoms with Crippen LogP contribution in [0.25, 0.3) is 0 Å². The second-order valence-corrected chi connectivity index (χ2v) is 12.2. The number of carbonyl (C=O) groups excluding carboxylic acids is 2. The van der Waals surface area contributed by atoms with Crippen LogP contribution in [0.15, 0.2) is 41.8 Å². The Hall–Kier alpha value is -2.46.